The summed E-state index contributed by atoms with van der Waals surface area (Å²) in [6, 6.07) is 11.2. The molecule has 0 aliphatic rings. The average molecular weight is 215 g/mol. The Kier molecular flexibility index (Phi) is 2.64. The summed E-state index contributed by atoms with van der Waals surface area (Å²) in [6.07, 6.45) is 0. The van der Waals surface area contributed by atoms with E-state index in [1.165, 1.54) is 0 Å². The van der Waals surface area contributed by atoms with Crippen molar-refractivity contribution >= 4 is 11.4 Å². The van der Waals surface area contributed by atoms with E-state index in [-0.39, 0.29) is 0 Å². The maximum Gasteiger partial charge on any atom is 0.215 e. The standard InChI is InChI=1S/C12H13N3O/c1-16-10-7-9(13)11(14)12(15-10)8-5-3-2-4-6-8/h2-7H,14H2,1H3,(H2,13,15). The van der Waals surface area contributed by atoms with Gasteiger partial charge in [-0.1, -0.05) is 30.3 Å². The van der Waals surface area contributed by atoms with Gasteiger partial charge >= 0.3 is 0 Å². The molecule has 4 nitrogen and oxygen atoms in total. The van der Waals surface area contributed by atoms with Crippen molar-refractivity contribution in [3.05, 3.63) is 36.4 Å². The number of hydrogen-bond donors (Lipinski definition) is 2. The van der Waals surface area contributed by atoms with Gasteiger partial charge in [-0.15, -0.1) is 0 Å². The van der Waals surface area contributed by atoms with Gasteiger partial charge in [-0.25, -0.2) is 4.98 Å². The van der Waals surface area contributed by atoms with E-state index in [2.05, 4.69) is 4.98 Å². The molecule has 0 bridgehead atoms. The van der Waals surface area contributed by atoms with Crippen molar-refractivity contribution in [2.75, 3.05) is 18.6 Å². The highest BCUT2D eigenvalue weighted by molar-refractivity contribution is 5.82. The van der Waals surface area contributed by atoms with Gasteiger partial charge in [0, 0.05) is 11.6 Å². The van der Waals surface area contributed by atoms with E-state index < -0.39 is 0 Å². The summed E-state index contributed by atoms with van der Waals surface area (Å²) in [5.74, 6) is 0.463. The first-order valence-corrected chi connectivity index (χ1v) is 4.87. The molecule has 0 atom stereocenters. The number of hydrogen-bond acceptors (Lipinski definition) is 4. The highest BCUT2D eigenvalue weighted by atomic mass is 16.5. The second-order valence-corrected chi connectivity index (χ2v) is 3.38. The Morgan fingerprint density at radius 1 is 1.12 bits per heavy atom. The number of nitrogens with two attached hydrogens (primary N) is 2. The van der Waals surface area contributed by atoms with Gasteiger partial charge in [0.2, 0.25) is 5.88 Å². The Bertz CT molecular complexity index is 497. The number of aromatic nitrogens is 1. The molecule has 16 heavy (non-hydrogen) atoms. The van der Waals surface area contributed by atoms with E-state index in [0.717, 1.165) is 5.56 Å². The molecule has 1 heterocycles. The number of rotatable bonds is 2. The largest absolute Gasteiger partial charge is 0.481 e. The average Bonchev–Trinajstić information content (AvgIpc) is 2.33. The van der Waals surface area contributed by atoms with Gasteiger partial charge in [-0.3, -0.25) is 0 Å². The number of pyridine rings is 1. The summed E-state index contributed by atoms with van der Waals surface area (Å²) in [7, 11) is 1.55. The number of nitrogen functional groups attached to an aromatic ring is 2. The summed E-state index contributed by atoms with van der Waals surface area (Å²) in [5, 5.41) is 0. The predicted molar refractivity (Wildman–Crippen MR) is 65.0 cm³/mol. The molecule has 1 aromatic carbocycles. The Labute approximate surface area is 93.9 Å². The Balaban J connectivity index is 2.60. The lowest BCUT2D eigenvalue weighted by Gasteiger charge is -2.09. The van der Waals surface area contributed by atoms with Crippen LogP contribution in [0.25, 0.3) is 11.3 Å². The van der Waals surface area contributed by atoms with Crippen LogP contribution in [-0.2, 0) is 0 Å². The van der Waals surface area contributed by atoms with Crippen LogP contribution in [0.15, 0.2) is 36.4 Å². The highest BCUT2D eigenvalue weighted by Crippen LogP contribution is 2.30. The third kappa shape index (κ3) is 1.77. The lowest BCUT2D eigenvalue weighted by atomic mass is 10.1. The molecule has 0 saturated carbocycles. The highest BCUT2D eigenvalue weighted by Gasteiger charge is 2.09. The smallest absolute Gasteiger partial charge is 0.215 e. The van der Waals surface area contributed by atoms with E-state index in [1.807, 2.05) is 30.3 Å². The predicted octanol–water partition coefficient (Wildman–Crippen LogP) is 1.92. The summed E-state index contributed by atoms with van der Waals surface area (Å²) in [4.78, 5) is 4.29. The van der Waals surface area contributed by atoms with Gasteiger partial charge in [0.1, 0.15) is 0 Å². The first-order chi connectivity index (χ1) is 7.72. The minimum absolute atomic E-state index is 0.463. The molecule has 0 radical (unpaired) electrons. The van der Waals surface area contributed by atoms with Crippen molar-refractivity contribution in [2.24, 2.45) is 0 Å². The number of nitrogens with zero attached hydrogens (tertiary/aromatic N) is 1. The van der Waals surface area contributed by atoms with E-state index in [4.69, 9.17) is 16.2 Å². The van der Waals surface area contributed by atoms with Crippen LogP contribution in [0.3, 0.4) is 0 Å². The zero-order chi connectivity index (χ0) is 11.5. The van der Waals surface area contributed by atoms with Gasteiger partial charge in [0.25, 0.3) is 0 Å². The van der Waals surface area contributed by atoms with Crippen molar-refractivity contribution in [2.45, 2.75) is 0 Å². The van der Waals surface area contributed by atoms with Crippen LogP contribution in [0.1, 0.15) is 0 Å². The van der Waals surface area contributed by atoms with Crippen molar-refractivity contribution in [1.82, 2.24) is 4.98 Å². The molecule has 2 rings (SSSR count). The molecule has 0 amide bonds. The van der Waals surface area contributed by atoms with Gasteiger partial charge in [0.15, 0.2) is 0 Å². The zero-order valence-electron chi connectivity index (χ0n) is 8.97. The fourth-order valence-electron chi connectivity index (χ4n) is 1.47. The fourth-order valence-corrected chi connectivity index (χ4v) is 1.47. The van der Waals surface area contributed by atoms with Gasteiger partial charge in [-0.2, -0.15) is 0 Å². The molecule has 0 unspecified atom stereocenters. The quantitative estimate of drug-likeness (QED) is 0.802. The molecular weight excluding hydrogens is 202 g/mol. The minimum atomic E-state index is 0.463. The van der Waals surface area contributed by atoms with Crippen LogP contribution in [0, 0.1) is 0 Å². The summed E-state index contributed by atoms with van der Waals surface area (Å²) in [5.41, 5.74) is 14.2. The Morgan fingerprint density at radius 2 is 1.81 bits per heavy atom. The number of anilines is 2. The van der Waals surface area contributed by atoms with Crippen molar-refractivity contribution in [3.63, 3.8) is 0 Å². The van der Waals surface area contributed by atoms with E-state index in [0.29, 0.717) is 22.9 Å². The Hall–Kier alpha value is -2.23. The van der Waals surface area contributed by atoms with E-state index in [1.54, 1.807) is 13.2 Å². The zero-order valence-corrected chi connectivity index (χ0v) is 8.97. The molecule has 1 aromatic heterocycles. The van der Waals surface area contributed by atoms with Crippen molar-refractivity contribution in [1.29, 1.82) is 0 Å². The molecule has 0 aliphatic heterocycles. The van der Waals surface area contributed by atoms with Crippen LogP contribution in [0.2, 0.25) is 0 Å². The first kappa shape index (κ1) is 10.3. The van der Waals surface area contributed by atoms with E-state index >= 15 is 0 Å². The first-order valence-electron chi connectivity index (χ1n) is 4.87. The normalized spacial score (nSPS) is 10.1. The lowest BCUT2D eigenvalue weighted by Crippen LogP contribution is -2.01. The summed E-state index contributed by atoms with van der Waals surface area (Å²) in [6.45, 7) is 0. The van der Waals surface area contributed by atoms with Crippen molar-refractivity contribution in [3.8, 4) is 17.1 Å². The summed E-state index contributed by atoms with van der Waals surface area (Å²) < 4.78 is 5.07. The topological polar surface area (TPSA) is 74.2 Å². The van der Waals surface area contributed by atoms with Crippen LogP contribution in [0.5, 0.6) is 5.88 Å². The molecular formula is C12H13N3O. The molecule has 0 spiro atoms. The molecule has 0 aliphatic carbocycles. The molecule has 2 aromatic rings. The fraction of sp³-hybridized carbons (Fsp3) is 0.0833. The van der Waals surface area contributed by atoms with Crippen molar-refractivity contribution < 1.29 is 4.74 Å². The van der Waals surface area contributed by atoms with Gasteiger partial charge in [0.05, 0.1) is 24.2 Å². The molecule has 4 N–H and O–H groups in total. The molecule has 0 fully saturated rings. The van der Waals surface area contributed by atoms with Gasteiger partial charge in [-0.05, 0) is 0 Å². The number of ether oxygens (including phenoxy) is 1. The second-order valence-electron chi connectivity index (χ2n) is 3.38. The van der Waals surface area contributed by atoms with Gasteiger partial charge < -0.3 is 16.2 Å². The van der Waals surface area contributed by atoms with Crippen LogP contribution < -0.4 is 16.2 Å². The third-order valence-corrected chi connectivity index (χ3v) is 2.32. The Morgan fingerprint density at radius 3 is 2.44 bits per heavy atom. The number of methoxy groups -OCH3 is 1. The lowest BCUT2D eigenvalue weighted by molar-refractivity contribution is 0.399. The summed E-state index contributed by atoms with van der Waals surface area (Å²) >= 11 is 0. The monoisotopic (exact) mass is 215 g/mol. The number of benzene rings is 1. The molecule has 0 saturated heterocycles. The van der Waals surface area contributed by atoms with Crippen LogP contribution in [-0.4, -0.2) is 12.1 Å². The second kappa shape index (κ2) is 4.10. The molecule has 4 heteroatoms. The minimum Gasteiger partial charge on any atom is -0.481 e. The van der Waals surface area contributed by atoms with Crippen LogP contribution >= 0.6 is 0 Å². The van der Waals surface area contributed by atoms with E-state index in [9.17, 15) is 0 Å². The maximum absolute atomic E-state index is 5.90. The molecule has 82 valence electrons. The maximum atomic E-state index is 5.90. The SMILES string of the molecule is COc1cc(N)c(N)c(-c2ccccc2)n1. The van der Waals surface area contributed by atoms with Crippen LogP contribution in [0.4, 0.5) is 11.4 Å². The third-order valence-electron chi connectivity index (χ3n) is 2.32.